The summed E-state index contributed by atoms with van der Waals surface area (Å²) in [6.07, 6.45) is -0.149. The van der Waals surface area contributed by atoms with Crippen molar-refractivity contribution in [1.29, 1.82) is 0 Å². The molecule has 33 heavy (non-hydrogen) atoms. The molecule has 0 radical (unpaired) electrons. The minimum Gasteiger partial charge on any atom is -0.366 e. The number of hydrogen-bond donors (Lipinski definition) is 3. The highest BCUT2D eigenvalue weighted by molar-refractivity contribution is 7.92. The number of primary amides is 1. The number of carbonyl (C=O) groups is 1. The van der Waals surface area contributed by atoms with E-state index in [9.17, 15) is 26.4 Å². The predicted molar refractivity (Wildman–Crippen MR) is 122 cm³/mol. The van der Waals surface area contributed by atoms with Crippen LogP contribution in [-0.2, 0) is 16.4 Å². The van der Waals surface area contributed by atoms with E-state index in [1.54, 1.807) is 25.1 Å². The van der Waals surface area contributed by atoms with E-state index in [2.05, 4.69) is 10.0 Å². The van der Waals surface area contributed by atoms with Crippen molar-refractivity contribution >= 4 is 33.0 Å². The summed E-state index contributed by atoms with van der Waals surface area (Å²) in [5, 5.41) is 2.42. The fourth-order valence-electron chi connectivity index (χ4n) is 3.20. The zero-order valence-electron chi connectivity index (χ0n) is 17.9. The molecule has 174 valence electrons. The van der Waals surface area contributed by atoms with Gasteiger partial charge in [0.05, 0.1) is 22.7 Å². The maximum absolute atomic E-state index is 15.0. The highest BCUT2D eigenvalue weighted by Crippen LogP contribution is 2.31. The molecule has 3 rings (SSSR count). The molecule has 0 aromatic heterocycles. The van der Waals surface area contributed by atoms with Crippen molar-refractivity contribution in [2.45, 2.75) is 20.3 Å². The van der Waals surface area contributed by atoms with Gasteiger partial charge in [0.1, 0.15) is 5.82 Å². The highest BCUT2D eigenvalue weighted by Gasteiger charge is 2.22. The first-order valence-electron chi connectivity index (χ1n) is 9.94. The first kappa shape index (κ1) is 24.1. The largest absolute Gasteiger partial charge is 0.366 e. The van der Waals surface area contributed by atoms with Gasteiger partial charge in [-0.25, -0.2) is 21.6 Å². The topological polar surface area (TPSA) is 101 Å². The van der Waals surface area contributed by atoms with Crippen LogP contribution in [0.1, 0.15) is 34.0 Å². The van der Waals surface area contributed by atoms with E-state index in [4.69, 9.17) is 5.73 Å². The Hall–Kier alpha value is -3.53. The third-order valence-electron chi connectivity index (χ3n) is 4.91. The van der Waals surface area contributed by atoms with E-state index >= 15 is 0 Å². The van der Waals surface area contributed by atoms with Gasteiger partial charge >= 0.3 is 0 Å². The zero-order valence-corrected chi connectivity index (χ0v) is 18.7. The quantitative estimate of drug-likeness (QED) is 0.441. The molecule has 0 saturated carbocycles. The van der Waals surface area contributed by atoms with E-state index < -0.39 is 39.1 Å². The lowest BCUT2D eigenvalue weighted by Crippen LogP contribution is -2.17. The Morgan fingerprint density at radius 1 is 1.03 bits per heavy atom. The minimum absolute atomic E-state index is 0.130. The van der Waals surface area contributed by atoms with Crippen molar-refractivity contribution in [2.24, 2.45) is 5.73 Å². The maximum Gasteiger partial charge on any atom is 0.250 e. The Kier molecular flexibility index (Phi) is 6.97. The van der Waals surface area contributed by atoms with Gasteiger partial charge in [-0.05, 0) is 60.9 Å². The van der Waals surface area contributed by atoms with Crippen LogP contribution in [0.3, 0.4) is 0 Å². The van der Waals surface area contributed by atoms with Gasteiger partial charge in [-0.15, -0.1) is 0 Å². The molecule has 0 aliphatic rings. The van der Waals surface area contributed by atoms with Gasteiger partial charge < -0.3 is 11.1 Å². The average Bonchev–Trinajstić information content (AvgIpc) is 2.74. The van der Waals surface area contributed by atoms with Gasteiger partial charge in [0.25, 0.3) is 5.91 Å². The minimum atomic E-state index is -3.52. The number of sulfonamides is 1. The molecule has 3 aromatic rings. The molecule has 1 amide bonds. The molecule has 0 aliphatic heterocycles. The van der Waals surface area contributed by atoms with Gasteiger partial charge in [0.2, 0.25) is 10.0 Å². The van der Waals surface area contributed by atoms with Crippen LogP contribution in [0.2, 0.25) is 0 Å². The van der Waals surface area contributed by atoms with Gasteiger partial charge in [-0.2, -0.15) is 0 Å². The Balaban J connectivity index is 1.99. The van der Waals surface area contributed by atoms with Gasteiger partial charge in [0, 0.05) is 12.1 Å². The van der Waals surface area contributed by atoms with Crippen molar-refractivity contribution in [3.8, 4) is 0 Å². The highest BCUT2D eigenvalue weighted by atomic mass is 32.2. The summed E-state index contributed by atoms with van der Waals surface area (Å²) in [7, 11) is -3.52. The van der Waals surface area contributed by atoms with E-state index in [0.29, 0.717) is 11.1 Å². The van der Waals surface area contributed by atoms with Crippen LogP contribution in [0, 0.1) is 24.4 Å². The molecule has 4 N–H and O–H groups in total. The van der Waals surface area contributed by atoms with Crippen molar-refractivity contribution in [3.05, 3.63) is 88.2 Å². The molecule has 0 saturated heterocycles. The Morgan fingerprint density at radius 3 is 2.39 bits per heavy atom. The molecule has 6 nitrogen and oxygen atoms in total. The van der Waals surface area contributed by atoms with E-state index in [1.165, 1.54) is 31.2 Å². The number of rotatable bonds is 8. The van der Waals surface area contributed by atoms with Crippen LogP contribution in [0.4, 0.5) is 30.2 Å². The lowest BCUT2D eigenvalue weighted by molar-refractivity contribution is 0.100. The summed E-state index contributed by atoms with van der Waals surface area (Å²) in [6.45, 7) is 3.15. The van der Waals surface area contributed by atoms with Crippen LogP contribution >= 0.6 is 0 Å². The third kappa shape index (κ3) is 5.64. The van der Waals surface area contributed by atoms with Crippen molar-refractivity contribution in [3.63, 3.8) is 0 Å². The van der Waals surface area contributed by atoms with Crippen LogP contribution < -0.4 is 15.8 Å². The molecule has 3 aromatic carbocycles. The number of nitrogens with two attached hydrogens (primary N) is 1. The third-order valence-corrected chi connectivity index (χ3v) is 6.21. The molecule has 0 aliphatic carbocycles. The number of halogens is 3. The van der Waals surface area contributed by atoms with E-state index in [0.717, 1.165) is 6.07 Å². The second-order valence-electron chi connectivity index (χ2n) is 7.44. The van der Waals surface area contributed by atoms with Crippen LogP contribution in [0.25, 0.3) is 0 Å². The predicted octanol–water partition coefficient (Wildman–Crippen LogP) is 4.61. The van der Waals surface area contributed by atoms with Crippen molar-refractivity contribution < 1.29 is 26.4 Å². The first-order valence-corrected chi connectivity index (χ1v) is 11.6. The summed E-state index contributed by atoms with van der Waals surface area (Å²) in [4.78, 5) is 12.0. The number of nitrogens with one attached hydrogen (secondary N) is 2. The lowest BCUT2D eigenvalue weighted by atomic mass is 9.99. The van der Waals surface area contributed by atoms with Gasteiger partial charge in [-0.3, -0.25) is 9.52 Å². The number of anilines is 3. The fourth-order valence-corrected chi connectivity index (χ4v) is 3.83. The number of aryl methyl sites for hydroxylation is 1. The van der Waals surface area contributed by atoms with Crippen LogP contribution in [0.15, 0.2) is 48.5 Å². The maximum atomic E-state index is 15.0. The summed E-state index contributed by atoms with van der Waals surface area (Å²) >= 11 is 0. The van der Waals surface area contributed by atoms with Crippen LogP contribution in [-0.4, -0.2) is 20.1 Å². The smallest absolute Gasteiger partial charge is 0.250 e. The molecule has 0 heterocycles. The summed E-state index contributed by atoms with van der Waals surface area (Å²) < 4.78 is 70.0. The van der Waals surface area contributed by atoms with Crippen LogP contribution in [0.5, 0.6) is 0 Å². The average molecular weight is 478 g/mol. The fraction of sp³-hybridized carbons (Fsp3) is 0.174. The zero-order chi connectivity index (χ0) is 24.3. The molecule has 0 unspecified atom stereocenters. The first-order chi connectivity index (χ1) is 15.5. The van der Waals surface area contributed by atoms with Crippen molar-refractivity contribution in [1.82, 2.24) is 0 Å². The number of benzene rings is 3. The van der Waals surface area contributed by atoms with E-state index in [1.807, 2.05) is 0 Å². The number of hydrogen-bond acceptors (Lipinski definition) is 4. The number of carbonyl (C=O) groups excluding carboxylic acids is 1. The number of amides is 1. The standard InChI is InChI=1S/C23H22F3N3O3S/c1-3-33(31,32)29-16-6-4-5-14(11-16)10-15-12-17(23(27)30)22(21(26)20(15)25)28-19-8-7-13(2)9-18(19)24/h4-9,11-12,28-29H,3,10H2,1-2H3,(H2,27,30). The lowest BCUT2D eigenvalue weighted by Gasteiger charge is -2.16. The molecular weight excluding hydrogens is 455 g/mol. The molecule has 0 spiro atoms. The van der Waals surface area contributed by atoms with Gasteiger partial charge in [0.15, 0.2) is 11.6 Å². The second-order valence-corrected chi connectivity index (χ2v) is 9.45. The van der Waals surface area contributed by atoms with Gasteiger partial charge in [-0.1, -0.05) is 18.2 Å². The summed E-state index contributed by atoms with van der Waals surface area (Å²) in [5.74, 6) is -4.50. The molecule has 0 fully saturated rings. The second kappa shape index (κ2) is 9.53. The van der Waals surface area contributed by atoms with E-state index in [-0.39, 0.29) is 34.7 Å². The van der Waals surface area contributed by atoms with Crippen molar-refractivity contribution in [2.75, 3.05) is 15.8 Å². The monoisotopic (exact) mass is 477 g/mol. The molecule has 10 heteroatoms. The SMILES string of the molecule is CCS(=O)(=O)Nc1cccc(Cc2cc(C(N)=O)c(Nc3ccc(C)cc3F)c(F)c2F)c1. The summed E-state index contributed by atoms with van der Waals surface area (Å²) in [5.41, 5.74) is 5.48. The Bertz CT molecular complexity index is 1330. The molecule has 0 bridgehead atoms. The normalized spacial score (nSPS) is 11.3. The summed E-state index contributed by atoms with van der Waals surface area (Å²) in [6, 6.07) is 11.4. The Morgan fingerprint density at radius 2 is 1.76 bits per heavy atom. The molecule has 0 atom stereocenters. The Labute approximate surface area is 189 Å². The molecular formula is C23H22F3N3O3S.